The molecule has 0 aromatic carbocycles. The second kappa shape index (κ2) is 4.83. The van der Waals surface area contributed by atoms with E-state index in [1.807, 2.05) is 32.1 Å². The zero-order chi connectivity index (χ0) is 11.4. The molecule has 0 amide bonds. The molecular formula is C12H24OSi. The van der Waals surface area contributed by atoms with Crippen molar-refractivity contribution in [3.8, 4) is 0 Å². The van der Waals surface area contributed by atoms with Gasteiger partial charge in [-0.3, -0.25) is 0 Å². The van der Waals surface area contributed by atoms with Crippen LogP contribution in [0.25, 0.3) is 0 Å². The van der Waals surface area contributed by atoms with E-state index in [9.17, 15) is 0 Å². The molecule has 0 rings (SSSR count). The first-order valence-electron chi connectivity index (χ1n) is 5.22. The molecule has 0 atom stereocenters. The van der Waals surface area contributed by atoms with Gasteiger partial charge in [-0.2, -0.15) is 0 Å². The molecule has 0 saturated carbocycles. The second-order valence-corrected chi connectivity index (χ2v) is 9.78. The summed E-state index contributed by atoms with van der Waals surface area (Å²) in [5, 5.41) is 0.267. The highest BCUT2D eigenvalue weighted by Crippen LogP contribution is 2.37. The van der Waals surface area contributed by atoms with Crippen molar-refractivity contribution in [3.05, 3.63) is 24.0 Å². The van der Waals surface area contributed by atoms with Gasteiger partial charge in [0.1, 0.15) is 0 Å². The summed E-state index contributed by atoms with van der Waals surface area (Å²) in [6.07, 6.45) is 6.07. The minimum absolute atomic E-state index is 0.267. The highest BCUT2D eigenvalue weighted by atomic mass is 28.4. The standard InChI is InChI=1S/C12H24OSi/c1-8-10-11(9-2)13-14(6,7)12(3,4)5/h8-10H,1-7H3/b10-8+,11-9-. The van der Waals surface area contributed by atoms with Crippen molar-refractivity contribution in [1.29, 1.82) is 0 Å². The Labute approximate surface area is 90.0 Å². The fourth-order valence-corrected chi connectivity index (χ4v) is 1.88. The Bertz CT molecular complexity index is 231. The minimum Gasteiger partial charge on any atom is -0.544 e. The summed E-state index contributed by atoms with van der Waals surface area (Å²) < 4.78 is 6.11. The van der Waals surface area contributed by atoms with E-state index in [4.69, 9.17) is 4.43 Å². The number of allylic oxidation sites excluding steroid dienone is 3. The lowest BCUT2D eigenvalue weighted by molar-refractivity contribution is 0.399. The average molecular weight is 212 g/mol. The third-order valence-electron chi connectivity index (χ3n) is 2.79. The lowest BCUT2D eigenvalue weighted by Crippen LogP contribution is -2.40. The van der Waals surface area contributed by atoms with Crippen molar-refractivity contribution >= 4 is 8.32 Å². The summed E-state index contributed by atoms with van der Waals surface area (Å²) in [5.74, 6) is 0.999. The van der Waals surface area contributed by atoms with E-state index < -0.39 is 8.32 Å². The van der Waals surface area contributed by atoms with E-state index in [1.165, 1.54) is 0 Å². The van der Waals surface area contributed by atoms with Gasteiger partial charge in [0.05, 0.1) is 5.76 Å². The molecule has 0 spiro atoms. The summed E-state index contributed by atoms with van der Waals surface area (Å²) >= 11 is 0. The summed E-state index contributed by atoms with van der Waals surface area (Å²) in [6.45, 7) is 15.3. The van der Waals surface area contributed by atoms with Gasteiger partial charge in [-0.05, 0) is 44.1 Å². The van der Waals surface area contributed by atoms with E-state index in [1.54, 1.807) is 0 Å². The van der Waals surface area contributed by atoms with Crippen molar-refractivity contribution in [3.63, 3.8) is 0 Å². The van der Waals surface area contributed by atoms with Gasteiger partial charge in [-0.15, -0.1) is 0 Å². The number of rotatable bonds is 3. The molecule has 1 nitrogen and oxygen atoms in total. The van der Waals surface area contributed by atoms with Crippen LogP contribution in [0.5, 0.6) is 0 Å². The Balaban J connectivity index is 4.66. The summed E-state index contributed by atoms with van der Waals surface area (Å²) in [7, 11) is -1.65. The highest BCUT2D eigenvalue weighted by molar-refractivity contribution is 6.74. The smallest absolute Gasteiger partial charge is 0.250 e. The number of hydrogen-bond donors (Lipinski definition) is 0. The molecule has 0 radical (unpaired) electrons. The molecule has 0 aliphatic heterocycles. The Hall–Kier alpha value is -0.503. The van der Waals surface area contributed by atoms with Gasteiger partial charge in [0, 0.05) is 0 Å². The monoisotopic (exact) mass is 212 g/mol. The van der Waals surface area contributed by atoms with E-state index in [0.717, 1.165) is 5.76 Å². The normalized spacial score (nSPS) is 14.9. The van der Waals surface area contributed by atoms with Gasteiger partial charge >= 0.3 is 0 Å². The molecule has 2 heteroatoms. The molecule has 0 saturated heterocycles. The van der Waals surface area contributed by atoms with E-state index in [0.29, 0.717) is 0 Å². The van der Waals surface area contributed by atoms with Gasteiger partial charge in [-0.25, -0.2) is 0 Å². The fourth-order valence-electron chi connectivity index (χ4n) is 0.801. The SMILES string of the molecule is C/C=C(/C=C/C)O[Si](C)(C)C(C)(C)C. The molecule has 0 heterocycles. The van der Waals surface area contributed by atoms with Crippen LogP contribution in [0.3, 0.4) is 0 Å². The van der Waals surface area contributed by atoms with E-state index >= 15 is 0 Å². The van der Waals surface area contributed by atoms with Crippen LogP contribution in [0, 0.1) is 0 Å². The molecule has 14 heavy (non-hydrogen) atoms. The predicted molar refractivity (Wildman–Crippen MR) is 66.9 cm³/mol. The molecular weight excluding hydrogens is 188 g/mol. The Morgan fingerprint density at radius 2 is 1.64 bits per heavy atom. The maximum absolute atomic E-state index is 6.11. The van der Waals surface area contributed by atoms with Crippen molar-refractivity contribution in [2.24, 2.45) is 0 Å². The van der Waals surface area contributed by atoms with Crippen LogP contribution in [-0.4, -0.2) is 8.32 Å². The number of hydrogen-bond acceptors (Lipinski definition) is 1. The van der Waals surface area contributed by atoms with Crippen molar-refractivity contribution in [1.82, 2.24) is 0 Å². The first kappa shape index (κ1) is 13.5. The Kier molecular flexibility index (Phi) is 4.65. The third kappa shape index (κ3) is 3.70. The van der Waals surface area contributed by atoms with Crippen molar-refractivity contribution < 1.29 is 4.43 Å². The van der Waals surface area contributed by atoms with Crippen LogP contribution in [0.2, 0.25) is 18.1 Å². The summed E-state index contributed by atoms with van der Waals surface area (Å²) in [4.78, 5) is 0. The molecule has 0 bridgehead atoms. The summed E-state index contributed by atoms with van der Waals surface area (Å²) in [5.41, 5.74) is 0. The van der Waals surface area contributed by atoms with Crippen LogP contribution in [0.15, 0.2) is 24.0 Å². The molecule has 82 valence electrons. The molecule has 0 aromatic rings. The fraction of sp³-hybridized carbons (Fsp3) is 0.667. The predicted octanol–water partition coefficient (Wildman–Crippen LogP) is 4.49. The van der Waals surface area contributed by atoms with E-state index in [-0.39, 0.29) is 5.04 Å². The maximum Gasteiger partial charge on any atom is 0.250 e. The first-order chi connectivity index (χ1) is 6.24. The highest BCUT2D eigenvalue weighted by Gasteiger charge is 2.38. The van der Waals surface area contributed by atoms with Gasteiger partial charge in [0.25, 0.3) is 0 Å². The van der Waals surface area contributed by atoms with Crippen LogP contribution < -0.4 is 0 Å². The van der Waals surface area contributed by atoms with Crippen LogP contribution in [0.4, 0.5) is 0 Å². The van der Waals surface area contributed by atoms with Gasteiger partial charge in [-0.1, -0.05) is 26.8 Å². The molecule has 0 fully saturated rings. The van der Waals surface area contributed by atoms with Gasteiger partial charge in [0.2, 0.25) is 8.32 Å². The van der Waals surface area contributed by atoms with Gasteiger partial charge < -0.3 is 4.43 Å². The second-order valence-electron chi connectivity index (χ2n) is 5.05. The molecule has 0 aliphatic carbocycles. The average Bonchev–Trinajstić information content (AvgIpc) is 2.01. The minimum atomic E-state index is -1.65. The summed E-state index contributed by atoms with van der Waals surface area (Å²) in [6, 6.07) is 0. The molecule has 0 N–H and O–H groups in total. The van der Waals surface area contributed by atoms with Crippen molar-refractivity contribution in [2.75, 3.05) is 0 Å². The van der Waals surface area contributed by atoms with Crippen molar-refractivity contribution in [2.45, 2.75) is 52.8 Å². The maximum atomic E-state index is 6.11. The lowest BCUT2D eigenvalue weighted by atomic mass is 10.2. The largest absolute Gasteiger partial charge is 0.544 e. The third-order valence-corrected chi connectivity index (χ3v) is 7.15. The van der Waals surface area contributed by atoms with E-state index in [2.05, 4.69) is 33.9 Å². The topological polar surface area (TPSA) is 9.23 Å². The zero-order valence-electron chi connectivity index (χ0n) is 10.6. The molecule has 0 unspecified atom stereocenters. The molecule has 0 aromatic heterocycles. The zero-order valence-corrected chi connectivity index (χ0v) is 11.6. The molecule has 0 aliphatic rings. The van der Waals surface area contributed by atoms with Crippen LogP contribution in [0.1, 0.15) is 34.6 Å². The lowest BCUT2D eigenvalue weighted by Gasteiger charge is -2.36. The first-order valence-corrected chi connectivity index (χ1v) is 8.13. The van der Waals surface area contributed by atoms with Crippen LogP contribution in [-0.2, 0) is 4.43 Å². The Morgan fingerprint density at radius 1 is 1.14 bits per heavy atom. The quantitative estimate of drug-likeness (QED) is 0.380. The van der Waals surface area contributed by atoms with Gasteiger partial charge in [0.15, 0.2) is 0 Å². The van der Waals surface area contributed by atoms with Crippen LogP contribution >= 0.6 is 0 Å². The Morgan fingerprint density at radius 3 is 1.93 bits per heavy atom.